The number of aryl methyl sites for hydroxylation is 1. The molecule has 2 atom stereocenters. The number of nitro groups is 1. The molecule has 0 saturated heterocycles. The van der Waals surface area contributed by atoms with E-state index in [-0.39, 0.29) is 18.3 Å². The van der Waals surface area contributed by atoms with Gasteiger partial charge in [-0.05, 0) is 33.7 Å². The van der Waals surface area contributed by atoms with E-state index in [1.807, 2.05) is 0 Å². The van der Waals surface area contributed by atoms with Gasteiger partial charge in [-0.1, -0.05) is 0 Å². The van der Waals surface area contributed by atoms with Crippen molar-refractivity contribution in [1.29, 1.82) is 0 Å². The summed E-state index contributed by atoms with van der Waals surface area (Å²) >= 11 is 0. The van der Waals surface area contributed by atoms with Gasteiger partial charge in [0, 0.05) is 6.54 Å². The third-order valence-electron chi connectivity index (χ3n) is 3.03. The normalized spacial score (nSPS) is 14.2. The summed E-state index contributed by atoms with van der Waals surface area (Å²) in [6, 6.07) is 0. The molecule has 0 amide bonds. The molecule has 0 saturated carbocycles. The zero-order chi connectivity index (χ0) is 15.3. The Bertz CT molecular complexity index is 459. The maximum atomic E-state index is 10.9. The van der Waals surface area contributed by atoms with E-state index in [9.17, 15) is 15.2 Å². The summed E-state index contributed by atoms with van der Waals surface area (Å²) in [5.41, 5.74) is 0.788. The zero-order valence-electron chi connectivity index (χ0n) is 12.0. The maximum absolute atomic E-state index is 10.9. The zero-order valence-corrected chi connectivity index (χ0v) is 12.0. The molecule has 0 fully saturated rings. The monoisotopic (exact) mass is 286 g/mol. The van der Waals surface area contributed by atoms with Crippen molar-refractivity contribution in [3.05, 3.63) is 21.5 Å². The van der Waals surface area contributed by atoms with E-state index >= 15 is 0 Å². The van der Waals surface area contributed by atoms with Crippen LogP contribution in [0.4, 0.5) is 5.69 Å². The minimum Gasteiger partial charge on any atom is -0.393 e. The number of hydrogen-bond donors (Lipinski definition) is 3. The first-order valence-corrected chi connectivity index (χ1v) is 6.58. The van der Waals surface area contributed by atoms with Crippen molar-refractivity contribution in [3.8, 4) is 0 Å². The third-order valence-corrected chi connectivity index (χ3v) is 3.03. The van der Waals surface area contributed by atoms with E-state index in [0.717, 1.165) is 0 Å². The Labute approximate surface area is 117 Å². The van der Waals surface area contributed by atoms with E-state index in [0.29, 0.717) is 30.9 Å². The molecule has 3 N–H and O–H groups in total. The topological polar surface area (TPSA) is 113 Å². The number of nitrogens with zero attached hydrogens (tertiary/aromatic N) is 3. The van der Waals surface area contributed by atoms with E-state index in [1.165, 1.54) is 4.68 Å². The first-order valence-electron chi connectivity index (χ1n) is 6.58. The maximum Gasteiger partial charge on any atom is 0.312 e. The number of aliphatic hydroxyl groups excluding tert-OH is 2. The predicted molar refractivity (Wildman–Crippen MR) is 73.5 cm³/mol. The van der Waals surface area contributed by atoms with Crippen molar-refractivity contribution < 1.29 is 15.1 Å². The van der Waals surface area contributed by atoms with E-state index in [1.54, 1.807) is 20.8 Å². The second-order valence-corrected chi connectivity index (χ2v) is 4.95. The van der Waals surface area contributed by atoms with Gasteiger partial charge in [0.15, 0.2) is 0 Å². The molecule has 0 aliphatic carbocycles. The molecule has 1 aromatic rings. The lowest BCUT2D eigenvalue weighted by Gasteiger charge is -2.13. The Kier molecular flexibility index (Phi) is 6.05. The fourth-order valence-corrected chi connectivity index (χ4v) is 1.97. The highest BCUT2D eigenvalue weighted by Crippen LogP contribution is 2.21. The summed E-state index contributed by atoms with van der Waals surface area (Å²) in [6.07, 6.45) is -0.460. The fraction of sp³-hybridized carbons (Fsp3) is 0.750. The number of hydrogen-bond acceptors (Lipinski definition) is 6. The average Bonchev–Trinajstić information content (AvgIpc) is 2.59. The molecule has 2 unspecified atom stereocenters. The molecule has 114 valence electrons. The van der Waals surface area contributed by atoms with Crippen LogP contribution < -0.4 is 5.32 Å². The molecule has 0 bridgehead atoms. The lowest BCUT2D eigenvalue weighted by atomic mass is 10.2. The van der Waals surface area contributed by atoms with Crippen LogP contribution in [0.5, 0.6) is 0 Å². The van der Waals surface area contributed by atoms with Gasteiger partial charge in [-0.3, -0.25) is 14.8 Å². The quantitative estimate of drug-likeness (QED) is 0.355. The van der Waals surface area contributed by atoms with Crippen molar-refractivity contribution in [2.24, 2.45) is 0 Å². The Morgan fingerprint density at radius 2 is 2.10 bits per heavy atom. The Balaban J connectivity index is 2.52. The molecule has 8 heteroatoms. The summed E-state index contributed by atoms with van der Waals surface area (Å²) < 4.78 is 1.45. The van der Waals surface area contributed by atoms with E-state index < -0.39 is 11.0 Å². The summed E-state index contributed by atoms with van der Waals surface area (Å²) in [5.74, 6) is 0. The SMILES string of the molecule is Cc1nn(CC(O)CNCCC(C)O)c(C)c1[N+](=O)[O-]. The van der Waals surface area contributed by atoms with Gasteiger partial charge < -0.3 is 15.5 Å². The van der Waals surface area contributed by atoms with Gasteiger partial charge >= 0.3 is 5.69 Å². The van der Waals surface area contributed by atoms with Crippen LogP contribution in [0.15, 0.2) is 0 Å². The summed E-state index contributed by atoms with van der Waals surface area (Å²) in [4.78, 5) is 10.4. The number of nitrogens with one attached hydrogen (secondary N) is 1. The van der Waals surface area contributed by atoms with Crippen LogP contribution in [0.3, 0.4) is 0 Å². The van der Waals surface area contributed by atoms with Gasteiger partial charge in [0.1, 0.15) is 11.4 Å². The van der Waals surface area contributed by atoms with Crippen LogP contribution in [0.1, 0.15) is 24.7 Å². The molecule has 1 aromatic heterocycles. The molecule has 1 rings (SSSR count). The minimum absolute atomic E-state index is 0.000681. The molecule has 8 nitrogen and oxygen atoms in total. The number of rotatable bonds is 8. The lowest BCUT2D eigenvalue weighted by molar-refractivity contribution is -0.386. The highest BCUT2D eigenvalue weighted by Gasteiger charge is 2.22. The van der Waals surface area contributed by atoms with Crippen LogP contribution >= 0.6 is 0 Å². The van der Waals surface area contributed by atoms with Crippen molar-refractivity contribution in [1.82, 2.24) is 15.1 Å². The highest BCUT2D eigenvalue weighted by molar-refractivity contribution is 5.39. The predicted octanol–water partition coefficient (Wildman–Crippen LogP) is 0.130. The van der Waals surface area contributed by atoms with Crippen molar-refractivity contribution in [2.45, 2.75) is 45.9 Å². The fourth-order valence-electron chi connectivity index (χ4n) is 1.97. The van der Waals surface area contributed by atoms with Gasteiger partial charge in [-0.15, -0.1) is 0 Å². The number of aliphatic hydroxyl groups is 2. The molecule has 0 aliphatic rings. The van der Waals surface area contributed by atoms with Crippen molar-refractivity contribution in [2.75, 3.05) is 13.1 Å². The minimum atomic E-state index is -0.693. The number of aromatic nitrogens is 2. The smallest absolute Gasteiger partial charge is 0.312 e. The van der Waals surface area contributed by atoms with Gasteiger partial charge in [-0.25, -0.2) is 0 Å². The Morgan fingerprint density at radius 3 is 2.60 bits per heavy atom. The Hall–Kier alpha value is -1.51. The Morgan fingerprint density at radius 1 is 1.45 bits per heavy atom. The first-order chi connectivity index (χ1) is 9.32. The van der Waals surface area contributed by atoms with Crippen LogP contribution in [0.25, 0.3) is 0 Å². The van der Waals surface area contributed by atoms with Crippen molar-refractivity contribution >= 4 is 5.69 Å². The van der Waals surface area contributed by atoms with Crippen LogP contribution in [-0.4, -0.2) is 50.2 Å². The molecule has 0 aliphatic heterocycles. The third kappa shape index (κ3) is 4.55. The molecular formula is C12H22N4O4. The van der Waals surface area contributed by atoms with E-state index in [2.05, 4.69) is 10.4 Å². The van der Waals surface area contributed by atoms with Crippen LogP contribution in [0.2, 0.25) is 0 Å². The molecule has 0 radical (unpaired) electrons. The molecule has 0 spiro atoms. The summed E-state index contributed by atoms with van der Waals surface area (Å²) in [6.45, 7) is 6.04. The van der Waals surface area contributed by atoms with Crippen molar-refractivity contribution in [3.63, 3.8) is 0 Å². The van der Waals surface area contributed by atoms with Crippen LogP contribution in [0, 0.1) is 24.0 Å². The van der Waals surface area contributed by atoms with Gasteiger partial charge in [0.2, 0.25) is 0 Å². The molecule has 1 heterocycles. The lowest BCUT2D eigenvalue weighted by Crippen LogP contribution is -2.32. The largest absolute Gasteiger partial charge is 0.393 e. The highest BCUT2D eigenvalue weighted by atomic mass is 16.6. The van der Waals surface area contributed by atoms with Gasteiger partial charge in [-0.2, -0.15) is 5.10 Å². The second-order valence-electron chi connectivity index (χ2n) is 4.95. The van der Waals surface area contributed by atoms with Crippen LogP contribution in [-0.2, 0) is 6.54 Å². The summed E-state index contributed by atoms with van der Waals surface area (Å²) in [5, 5.41) is 36.9. The summed E-state index contributed by atoms with van der Waals surface area (Å²) in [7, 11) is 0. The molecular weight excluding hydrogens is 264 g/mol. The molecule has 0 aromatic carbocycles. The standard InChI is InChI=1S/C12H22N4O4/c1-8(17)4-5-13-6-11(18)7-15-10(3)12(16(19)20)9(2)14-15/h8,11,13,17-18H,4-7H2,1-3H3. The van der Waals surface area contributed by atoms with Gasteiger partial charge in [0.05, 0.1) is 23.7 Å². The van der Waals surface area contributed by atoms with E-state index in [4.69, 9.17) is 5.11 Å². The average molecular weight is 286 g/mol. The first kappa shape index (κ1) is 16.5. The second kappa shape index (κ2) is 7.32. The molecule has 20 heavy (non-hydrogen) atoms. The van der Waals surface area contributed by atoms with Gasteiger partial charge in [0.25, 0.3) is 0 Å².